The maximum absolute atomic E-state index is 11.2. The zero-order valence-electron chi connectivity index (χ0n) is 12.7. The highest BCUT2D eigenvalue weighted by atomic mass is 16.6. The van der Waals surface area contributed by atoms with Crippen LogP contribution in [0.1, 0.15) is 25.3 Å². The van der Waals surface area contributed by atoms with E-state index in [-0.39, 0.29) is 28.9 Å². The molecule has 6 nitrogen and oxygen atoms in total. The number of nitro benzene ring substituents is 1. The number of nitrogens with one attached hydrogen (secondary N) is 1. The summed E-state index contributed by atoms with van der Waals surface area (Å²) in [5.41, 5.74) is 0.646. The van der Waals surface area contributed by atoms with E-state index in [1.54, 1.807) is 25.1 Å². The van der Waals surface area contributed by atoms with E-state index in [2.05, 4.69) is 5.32 Å². The predicted octanol–water partition coefficient (Wildman–Crippen LogP) is 2.44. The molecule has 6 heteroatoms. The Morgan fingerprint density at radius 1 is 1.48 bits per heavy atom. The third kappa shape index (κ3) is 3.33. The lowest BCUT2D eigenvalue weighted by atomic mass is 9.85. The van der Waals surface area contributed by atoms with Gasteiger partial charge in [0.2, 0.25) is 0 Å². The Bertz CT molecular complexity index is 506. The number of hydrogen-bond acceptors (Lipinski definition) is 5. The van der Waals surface area contributed by atoms with Crippen LogP contribution in [0.3, 0.4) is 0 Å². The van der Waals surface area contributed by atoms with E-state index in [1.165, 1.54) is 0 Å². The molecule has 1 N–H and O–H groups in total. The van der Waals surface area contributed by atoms with E-state index in [9.17, 15) is 10.1 Å². The molecule has 3 unspecified atom stereocenters. The first kappa shape index (κ1) is 15.7. The summed E-state index contributed by atoms with van der Waals surface area (Å²) in [5.74, 6) is 0.324. The molecular formula is C15H22N2O4. The lowest BCUT2D eigenvalue weighted by Gasteiger charge is -2.43. The van der Waals surface area contributed by atoms with Crippen LogP contribution in [-0.2, 0) is 4.74 Å². The second kappa shape index (κ2) is 6.87. The highest BCUT2D eigenvalue weighted by Crippen LogP contribution is 2.35. The van der Waals surface area contributed by atoms with Gasteiger partial charge in [-0.25, -0.2) is 0 Å². The van der Waals surface area contributed by atoms with Crippen molar-refractivity contribution < 1.29 is 14.4 Å². The monoisotopic (exact) mass is 294 g/mol. The number of rotatable bonds is 7. The lowest BCUT2D eigenvalue weighted by Crippen LogP contribution is -2.60. The van der Waals surface area contributed by atoms with E-state index < -0.39 is 0 Å². The van der Waals surface area contributed by atoms with Gasteiger partial charge >= 0.3 is 5.69 Å². The van der Waals surface area contributed by atoms with Crippen LogP contribution in [0.5, 0.6) is 5.75 Å². The van der Waals surface area contributed by atoms with Crippen molar-refractivity contribution in [1.29, 1.82) is 0 Å². The van der Waals surface area contributed by atoms with Crippen LogP contribution in [0.4, 0.5) is 5.69 Å². The zero-order chi connectivity index (χ0) is 15.4. The Labute approximate surface area is 124 Å². The smallest absolute Gasteiger partial charge is 0.313 e. The fraction of sp³-hybridized carbons (Fsp3) is 0.600. The molecule has 0 aromatic heterocycles. The highest BCUT2D eigenvalue weighted by molar-refractivity contribution is 5.52. The van der Waals surface area contributed by atoms with Gasteiger partial charge in [-0.05, 0) is 26.5 Å². The molecule has 1 aromatic rings. The van der Waals surface area contributed by atoms with Crippen molar-refractivity contribution in [3.63, 3.8) is 0 Å². The van der Waals surface area contributed by atoms with Crippen molar-refractivity contribution in [2.75, 3.05) is 13.7 Å². The molecule has 21 heavy (non-hydrogen) atoms. The minimum Gasteiger partial charge on any atom is -0.481 e. The van der Waals surface area contributed by atoms with Gasteiger partial charge in [-0.1, -0.05) is 19.1 Å². The third-order valence-corrected chi connectivity index (χ3v) is 3.80. The Kier molecular flexibility index (Phi) is 5.14. The number of hydrogen-bond donors (Lipinski definition) is 1. The van der Waals surface area contributed by atoms with Gasteiger partial charge in [-0.2, -0.15) is 0 Å². The van der Waals surface area contributed by atoms with Gasteiger partial charge in [-0.3, -0.25) is 10.1 Å². The third-order valence-electron chi connectivity index (χ3n) is 3.80. The van der Waals surface area contributed by atoms with Crippen molar-refractivity contribution in [2.24, 2.45) is 0 Å². The normalized spacial score (nSPS) is 24.4. The number of benzene rings is 1. The number of nitro groups is 1. The van der Waals surface area contributed by atoms with Crippen LogP contribution in [0.2, 0.25) is 0 Å². The first-order chi connectivity index (χ1) is 10.1. The molecule has 0 bridgehead atoms. The first-order valence-electron chi connectivity index (χ1n) is 7.28. The summed E-state index contributed by atoms with van der Waals surface area (Å²) in [6, 6.07) is 5.38. The van der Waals surface area contributed by atoms with Gasteiger partial charge < -0.3 is 14.8 Å². The lowest BCUT2D eigenvalue weighted by molar-refractivity contribution is -0.386. The molecule has 0 spiro atoms. The van der Waals surface area contributed by atoms with Crippen molar-refractivity contribution in [3.8, 4) is 5.75 Å². The second-order valence-electron chi connectivity index (χ2n) is 5.30. The quantitative estimate of drug-likeness (QED) is 0.617. The van der Waals surface area contributed by atoms with Crippen molar-refractivity contribution in [1.82, 2.24) is 5.32 Å². The van der Waals surface area contributed by atoms with Gasteiger partial charge in [0, 0.05) is 24.6 Å². The van der Waals surface area contributed by atoms with Crippen LogP contribution in [0.15, 0.2) is 18.2 Å². The number of nitrogens with zero attached hydrogens (tertiary/aromatic N) is 1. The molecule has 0 amide bonds. The topological polar surface area (TPSA) is 73.6 Å². The molecule has 2 rings (SSSR count). The summed E-state index contributed by atoms with van der Waals surface area (Å²) in [5, 5.41) is 14.4. The zero-order valence-corrected chi connectivity index (χ0v) is 12.7. The summed E-state index contributed by atoms with van der Waals surface area (Å²) in [6.07, 6.45) is 1.52. The highest BCUT2D eigenvalue weighted by Gasteiger charge is 2.43. The number of ether oxygens (including phenoxy) is 2. The van der Waals surface area contributed by atoms with Crippen LogP contribution < -0.4 is 10.1 Å². The van der Waals surface area contributed by atoms with Crippen molar-refractivity contribution in [2.45, 2.75) is 44.9 Å². The number of para-hydroxylation sites is 1. The molecule has 1 fully saturated rings. The minimum absolute atomic E-state index is 0.0413. The Morgan fingerprint density at radius 3 is 2.86 bits per heavy atom. The van der Waals surface area contributed by atoms with Crippen LogP contribution in [0, 0.1) is 17.0 Å². The molecular weight excluding hydrogens is 272 g/mol. The van der Waals surface area contributed by atoms with Crippen molar-refractivity contribution in [3.05, 3.63) is 33.9 Å². The fourth-order valence-electron chi connectivity index (χ4n) is 2.58. The second-order valence-corrected chi connectivity index (χ2v) is 5.30. The van der Waals surface area contributed by atoms with E-state index in [0.29, 0.717) is 17.9 Å². The molecule has 1 aromatic carbocycles. The Hall–Kier alpha value is -1.66. The summed E-state index contributed by atoms with van der Waals surface area (Å²) in [6.45, 7) is 4.43. The summed E-state index contributed by atoms with van der Waals surface area (Å²) in [7, 11) is 1.89. The molecule has 3 atom stereocenters. The van der Waals surface area contributed by atoms with Crippen molar-refractivity contribution >= 4 is 5.69 Å². The van der Waals surface area contributed by atoms with Gasteiger partial charge in [0.15, 0.2) is 5.75 Å². The number of aryl methyl sites for hydroxylation is 1. The Balaban J connectivity index is 2.11. The summed E-state index contributed by atoms with van der Waals surface area (Å²) >= 11 is 0. The molecule has 116 valence electrons. The fourth-order valence-corrected chi connectivity index (χ4v) is 2.58. The van der Waals surface area contributed by atoms with Gasteiger partial charge in [-0.15, -0.1) is 0 Å². The van der Waals surface area contributed by atoms with Crippen LogP contribution in [-0.4, -0.2) is 36.8 Å². The average Bonchev–Trinajstić information content (AvgIpc) is 2.43. The molecule has 1 aliphatic rings. The van der Waals surface area contributed by atoms with Crippen LogP contribution >= 0.6 is 0 Å². The van der Waals surface area contributed by atoms with E-state index >= 15 is 0 Å². The molecule has 0 saturated heterocycles. The first-order valence-corrected chi connectivity index (χ1v) is 7.28. The predicted molar refractivity (Wildman–Crippen MR) is 79.7 cm³/mol. The molecule has 0 aliphatic heterocycles. The molecule has 0 radical (unpaired) electrons. The number of likely N-dealkylation sites (N-methyl/N-ethyl adjacent to an activating group) is 1. The van der Waals surface area contributed by atoms with E-state index in [1.807, 2.05) is 14.0 Å². The molecule has 1 aliphatic carbocycles. The summed E-state index contributed by atoms with van der Waals surface area (Å²) in [4.78, 5) is 10.8. The Morgan fingerprint density at radius 2 is 2.24 bits per heavy atom. The van der Waals surface area contributed by atoms with Gasteiger partial charge in [0.25, 0.3) is 0 Å². The maximum Gasteiger partial charge on any atom is 0.313 e. The molecule has 0 heterocycles. The maximum atomic E-state index is 11.2. The van der Waals surface area contributed by atoms with Gasteiger partial charge in [0.05, 0.1) is 4.92 Å². The van der Waals surface area contributed by atoms with E-state index in [4.69, 9.17) is 9.47 Å². The largest absolute Gasteiger partial charge is 0.481 e. The van der Waals surface area contributed by atoms with E-state index in [0.717, 1.165) is 12.8 Å². The summed E-state index contributed by atoms with van der Waals surface area (Å²) < 4.78 is 11.6. The standard InChI is InChI=1S/C15H22N2O4/c1-4-8-20-15-11(16-3)9-13(15)21-12-7-5-6-10(2)14(12)17(18)19/h5-7,11,13,15-16H,4,8-9H2,1-3H3. The SMILES string of the molecule is CCCOC1C(NC)CC1Oc1cccc(C)c1[N+](=O)[O-]. The molecule has 1 saturated carbocycles. The van der Waals surface area contributed by atoms with Gasteiger partial charge in [0.1, 0.15) is 12.2 Å². The minimum atomic E-state index is -0.388. The van der Waals surface area contributed by atoms with Crippen LogP contribution in [0.25, 0.3) is 0 Å². The average molecular weight is 294 g/mol.